The number of carbonyl (C=O) groups is 1. The molecular weight excluding hydrogens is 520 g/mol. The molecule has 14 atom stereocenters. The fourth-order valence-corrected chi connectivity index (χ4v) is 5.23. The second kappa shape index (κ2) is 14.7. The third kappa shape index (κ3) is 7.81. The van der Waals surface area contributed by atoms with Crippen LogP contribution in [0.1, 0.15) is 25.7 Å². The van der Waals surface area contributed by atoms with Crippen molar-refractivity contribution in [1.82, 2.24) is 10.6 Å². The molecule has 0 aromatic rings. The Morgan fingerprint density at radius 1 is 1.00 bits per heavy atom. The van der Waals surface area contributed by atoms with Crippen LogP contribution in [0.5, 0.6) is 0 Å². The summed E-state index contributed by atoms with van der Waals surface area (Å²) in [6.07, 6.45) is -10.4. The Kier molecular flexibility index (Phi) is 12.2. The van der Waals surface area contributed by atoms with Gasteiger partial charge in [0.2, 0.25) is 5.91 Å². The standard InChI is InChI=1S/C23H46N6O10/c1-28-7-9-2-3-10(25)22(36-9)38-19-11(26)6-12(29-21(35)13(31)4-5-24)20(18(19)34)39-23-17(33)15(27)16(32)14(8-30)37-23/h9-20,22-23,28,30-34H,2-8,24-27H2,1H3,(H,29,35)/t9-,10+,11-,12+,13-,14+,15-,16-,17+,18+,19+,20-,22+,23+/m0/s1. The molecule has 2 saturated heterocycles. The van der Waals surface area contributed by atoms with Crippen LogP contribution < -0.4 is 33.6 Å². The number of likely N-dealkylation sites (N-methyl/N-ethyl adjacent to an activating group) is 1. The van der Waals surface area contributed by atoms with Gasteiger partial charge < -0.3 is 78.0 Å². The Morgan fingerprint density at radius 3 is 2.33 bits per heavy atom. The van der Waals surface area contributed by atoms with Crippen LogP contribution in [0, 0.1) is 0 Å². The Bertz CT molecular complexity index is 771. The molecule has 2 heterocycles. The van der Waals surface area contributed by atoms with Crippen LogP contribution in [0.25, 0.3) is 0 Å². The molecule has 3 rings (SSSR count). The second-order valence-corrected chi connectivity index (χ2v) is 10.5. The van der Waals surface area contributed by atoms with Crippen LogP contribution >= 0.6 is 0 Å². The van der Waals surface area contributed by atoms with E-state index in [9.17, 15) is 30.3 Å². The number of carbonyl (C=O) groups excluding carboxylic acids is 1. The summed E-state index contributed by atoms with van der Waals surface area (Å²) in [5.41, 5.74) is 24.0. The van der Waals surface area contributed by atoms with Gasteiger partial charge in [-0.25, -0.2) is 0 Å². The number of nitrogens with two attached hydrogens (primary N) is 4. The van der Waals surface area contributed by atoms with E-state index in [0.717, 1.165) is 6.42 Å². The van der Waals surface area contributed by atoms with Crippen LogP contribution in [0.2, 0.25) is 0 Å². The molecule has 16 nitrogen and oxygen atoms in total. The third-order valence-corrected chi connectivity index (χ3v) is 7.54. The number of nitrogens with one attached hydrogen (secondary N) is 2. The summed E-state index contributed by atoms with van der Waals surface area (Å²) in [6.45, 7) is 0.0333. The van der Waals surface area contributed by atoms with Crippen molar-refractivity contribution in [2.24, 2.45) is 22.9 Å². The second-order valence-electron chi connectivity index (χ2n) is 10.5. The molecule has 3 aliphatic rings. The summed E-state index contributed by atoms with van der Waals surface area (Å²) < 4.78 is 23.5. The molecule has 3 fully saturated rings. The SMILES string of the molecule is CNC[C@@H]1CC[C@@H](N)[C@@H](O[C@H]2[C@@H](O)[C@@H](O[C@H]3O[C@H](CO)[C@H](O)[C@H](N)[C@H]3O)[C@H](NC(=O)[C@@H](O)CCN)C[C@@H]2N)O1. The largest absolute Gasteiger partial charge is 0.394 e. The summed E-state index contributed by atoms with van der Waals surface area (Å²) >= 11 is 0. The lowest BCUT2D eigenvalue weighted by atomic mass is 9.83. The van der Waals surface area contributed by atoms with E-state index in [0.29, 0.717) is 13.0 Å². The van der Waals surface area contributed by atoms with E-state index in [2.05, 4.69) is 10.6 Å². The molecule has 0 aromatic carbocycles. The predicted octanol–water partition coefficient (Wildman–Crippen LogP) is -6.14. The molecule has 0 bridgehead atoms. The van der Waals surface area contributed by atoms with Gasteiger partial charge in [0.05, 0.1) is 30.8 Å². The van der Waals surface area contributed by atoms with E-state index in [-0.39, 0.29) is 25.5 Å². The molecule has 16 heteroatoms. The highest BCUT2D eigenvalue weighted by molar-refractivity contribution is 5.80. The lowest BCUT2D eigenvalue weighted by Gasteiger charge is -2.48. The molecular formula is C23H46N6O10. The summed E-state index contributed by atoms with van der Waals surface area (Å²) in [5.74, 6) is -0.754. The first-order chi connectivity index (χ1) is 18.5. The van der Waals surface area contributed by atoms with E-state index in [1.54, 1.807) is 7.05 Å². The zero-order valence-electron chi connectivity index (χ0n) is 22.1. The van der Waals surface area contributed by atoms with Crippen molar-refractivity contribution >= 4 is 5.91 Å². The smallest absolute Gasteiger partial charge is 0.249 e. The Morgan fingerprint density at radius 2 is 1.69 bits per heavy atom. The number of ether oxygens (including phenoxy) is 4. The molecule has 39 heavy (non-hydrogen) atoms. The van der Waals surface area contributed by atoms with E-state index in [4.69, 9.17) is 41.9 Å². The Labute approximate surface area is 227 Å². The molecule has 1 aliphatic carbocycles. The van der Waals surface area contributed by atoms with Crippen LogP contribution in [-0.2, 0) is 23.7 Å². The molecule has 0 aromatic heterocycles. The maximum absolute atomic E-state index is 12.6. The van der Waals surface area contributed by atoms with E-state index in [1.165, 1.54) is 0 Å². The van der Waals surface area contributed by atoms with E-state index >= 15 is 0 Å². The molecule has 1 saturated carbocycles. The lowest BCUT2D eigenvalue weighted by molar-refractivity contribution is -0.314. The quantitative estimate of drug-likeness (QED) is 0.111. The maximum Gasteiger partial charge on any atom is 0.249 e. The first-order valence-electron chi connectivity index (χ1n) is 13.4. The number of hydrogen-bond acceptors (Lipinski definition) is 15. The topological polar surface area (TPSA) is 283 Å². The van der Waals surface area contributed by atoms with Crippen LogP contribution in [0.3, 0.4) is 0 Å². The van der Waals surface area contributed by atoms with Crippen molar-refractivity contribution in [2.45, 2.75) is 111 Å². The molecule has 228 valence electrons. The summed E-state index contributed by atoms with van der Waals surface area (Å²) in [4.78, 5) is 12.6. The molecule has 0 unspecified atom stereocenters. The van der Waals surface area contributed by atoms with Crippen LogP contribution in [-0.4, -0.2) is 144 Å². The molecule has 0 radical (unpaired) electrons. The van der Waals surface area contributed by atoms with Gasteiger partial charge in [0, 0.05) is 12.6 Å². The molecule has 15 N–H and O–H groups in total. The third-order valence-electron chi connectivity index (χ3n) is 7.54. The van der Waals surface area contributed by atoms with Gasteiger partial charge in [0.15, 0.2) is 12.6 Å². The highest BCUT2D eigenvalue weighted by Gasteiger charge is 2.51. The van der Waals surface area contributed by atoms with Gasteiger partial charge in [-0.2, -0.15) is 0 Å². The van der Waals surface area contributed by atoms with Gasteiger partial charge in [0.25, 0.3) is 0 Å². The number of hydrogen-bond donors (Lipinski definition) is 11. The lowest BCUT2D eigenvalue weighted by Crippen LogP contribution is -2.69. The van der Waals surface area contributed by atoms with Gasteiger partial charge in [0.1, 0.15) is 42.7 Å². The number of amides is 1. The van der Waals surface area contributed by atoms with Crippen molar-refractivity contribution in [3.63, 3.8) is 0 Å². The first kappa shape index (κ1) is 32.4. The van der Waals surface area contributed by atoms with Crippen molar-refractivity contribution in [1.29, 1.82) is 0 Å². The molecule has 0 spiro atoms. The van der Waals surface area contributed by atoms with Crippen LogP contribution in [0.15, 0.2) is 0 Å². The van der Waals surface area contributed by atoms with Gasteiger partial charge >= 0.3 is 0 Å². The summed E-state index contributed by atoms with van der Waals surface area (Å²) in [5, 5.41) is 57.6. The minimum absolute atomic E-state index is 0.00445. The van der Waals surface area contributed by atoms with E-state index in [1.807, 2.05) is 0 Å². The van der Waals surface area contributed by atoms with Gasteiger partial charge in [-0.05, 0) is 39.3 Å². The van der Waals surface area contributed by atoms with Crippen LogP contribution in [0.4, 0.5) is 0 Å². The molecule has 1 amide bonds. The van der Waals surface area contributed by atoms with Gasteiger partial charge in [-0.1, -0.05) is 0 Å². The number of aliphatic hydroxyl groups excluding tert-OH is 5. The average Bonchev–Trinajstić information content (AvgIpc) is 2.90. The minimum atomic E-state index is -1.54. The minimum Gasteiger partial charge on any atom is -0.394 e. The fraction of sp³-hybridized carbons (Fsp3) is 0.957. The van der Waals surface area contributed by atoms with Crippen molar-refractivity contribution in [3.8, 4) is 0 Å². The highest BCUT2D eigenvalue weighted by Crippen LogP contribution is 2.31. The summed E-state index contributed by atoms with van der Waals surface area (Å²) in [6, 6.07) is -3.48. The van der Waals surface area contributed by atoms with Crippen molar-refractivity contribution < 1.29 is 49.3 Å². The van der Waals surface area contributed by atoms with Gasteiger partial charge in [-0.3, -0.25) is 4.79 Å². The Hall–Kier alpha value is -1.09. The Balaban J connectivity index is 1.82. The monoisotopic (exact) mass is 566 g/mol. The van der Waals surface area contributed by atoms with Crippen molar-refractivity contribution in [2.75, 3.05) is 26.7 Å². The first-order valence-corrected chi connectivity index (χ1v) is 13.4. The zero-order valence-corrected chi connectivity index (χ0v) is 22.1. The van der Waals surface area contributed by atoms with Crippen molar-refractivity contribution in [3.05, 3.63) is 0 Å². The number of rotatable bonds is 11. The fourth-order valence-electron chi connectivity index (χ4n) is 5.23. The molecule has 2 aliphatic heterocycles. The number of aliphatic hydroxyl groups is 5. The highest BCUT2D eigenvalue weighted by atomic mass is 16.7. The van der Waals surface area contributed by atoms with Gasteiger partial charge in [-0.15, -0.1) is 0 Å². The van der Waals surface area contributed by atoms with E-state index < -0.39 is 92.0 Å². The average molecular weight is 567 g/mol. The predicted molar refractivity (Wildman–Crippen MR) is 135 cm³/mol. The maximum atomic E-state index is 12.6. The zero-order chi connectivity index (χ0) is 28.9. The normalized spacial score (nSPS) is 44.1. The summed E-state index contributed by atoms with van der Waals surface area (Å²) in [7, 11) is 1.80.